The van der Waals surface area contributed by atoms with Gasteiger partial charge >= 0.3 is 0 Å². The van der Waals surface area contributed by atoms with Crippen LogP contribution in [-0.4, -0.2) is 14.2 Å². The van der Waals surface area contributed by atoms with Crippen LogP contribution in [-0.2, 0) is 6.42 Å². The summed E-state index contributed by atoms with van der Waals surface area (Å²) in [6.07, 6.45) is 0.549. The standard InChI is InChI=1S/C16H16Br2FNO/c1-20-15(7-10-3-4-11(17)8-14(10)19)13-6-5-12(18)9-16(13)21-2/h3-6,8-9,15,20H,7H2,1-2H3. The minimum Gasteiger partial charge on any atom is -0.496 e. The van der Waals surface area contributed by atoms with Crippen LogP contribution >= 0.6 is 31.9 Å². The SMILES string of the molecule is CNC(Cc1ccc(Br)cc1F)c1ccc(Br)cc1OC. The molecule has 0 spiro atoms. The van der Waals surface area contributed by atoms with Gasteiger partial charge in [-0.05, 0) is 43.3 Å². The maximum absolute atomic E-state index is 14.0. The van der Waals surface area contributed by atoms with Crippen molar-refractivity contribution in [1.82, 2.24) is 5.32 Å². The van der Waals surface area contributed by atoms with Gasteiger partial charge in [-0.15, -0.1) is 0 Å². The summed E-state index contributed by atoms with van der Waals surface area (Å²) in [5, 5.41) is 3.23. The highest BCUT2D eigenvalue weighted by molar-refractivity contribution is 9.10. The number of likely N-dealkylation sites (N-methyl/N-ethyl adjacent to an activating group) is 1. The Morgan fingerprint density at radius 3 is 2.43 bits per heavy atom. The number of rotatable bonds is 5. The molecular weight excluding hydrogens is 401 g/mol. The van der Waals surface area contributed by atoms with Crippen LogP contribution in [0.1, 0.15) is 17.2 Å². The quantitative estimate of drug-likeness (QED) is 0.751. The molecule has 1 atom stereocenters. The van der Waals surface area contributed by atoms with E-state index < -0.39 is 0 Å². The smallest absolute Gasteiger partial charge is 0.127 e. The molecule has 0 aliphatic heterocycles. The van der Waals surface area contributed by atoms with Crippen molar-refractivity contribution in [3.63, 3.8) is 0 Å². The van der Waals surface area contributed by atoms with Crippen molar-refractivity contribution >= 4 is 31.9 Å². The molecule has 21 heavy (non-hydrogen) atoms. The van der Waals surface area contributed by atoms with Gasteiger partial charge < -0.3 is 10.1 Å². The van der Waals surface area contributed by atoms with E-state index in [1.54, 1.807) is 13.2 Å². The predicted octanol–water partition coefficient (Wildman–Crippen LogP) is 4.86. The van der Waals surface area contributed by atoms with Gasteiger partial charge in [0.25, 0.3) is 0 Å². The van der Waals surface area contributed by atoms with Crippen molar-refractivity contribution in [3.05, 3.63) is 62.3 Å². The van der Waals surface area contributed by atoms with Crippen molar-refractivity contribution in [3.8, 4) is 5.75 Å². The second kappa shape index (κ2) is 7.38. The molecule has 5 heteroatoms. The minimum atomic E-state index is -0.208. The monoisotopic (exact) mass is 415 g/mol. The van der Waals surface area contributed by atoms with E-state index >= 15 is 0 Å². The molecule has 0 bridgehead atoms. The lowest BCUT2D eigenvalue weighted by Crippen LogP contribution is -2.20. The number of halogens is 3. The lowest BCUT2D eigenvalue weighted by Gasteiger charge is -2.20. The predicted molar refractivity (Wildman–Crippen MR) is 90.3 cm³/mol. The van der Waals surface area contributed by atoms with Crippen molar-refractivity contribution in [1.29, 1.82) is 0 Å². The Morgan fingerprint density at radius 1 is 1.14 bits per heavy atom. The molecule has 1 unspecified atom stereocenters. The fourth-order valence-corrected chi connectivity index (χ4v) is 2.92. The summed E-state index contributed by atoms with van der Waals surface area (Å²) in [7, 11) is 3.50. The molecular formula is C16H16Br2FNO. The van der Waals surface area contributed by atoms with Gasteiger partial charge in [-0.3, -0.25) is 0 Å². The van der Waals surface area contributed by atoms with Gasteiger partial charge in [0.1, 0.15) is 11.6 Å². The molecule has 0 aliphatic rings. The second-order valence-corrected chi connectivity index (χ2v) is 6.50. The van der Waals surface area contributed by atoms with Gasteiger partial charge in [-0.1, -0.05) is 44.0 Å². The third-order valence-corrected chi connectivity index (χ3v) is 4.35. The van der Waals surface area contributed by atoms with Gasteiger partial charge in [0.15, 0.2) is 0 Å². The lowest BCUT2D eigenvalue weighted by molar-refractivity contribution is 0.400. The van der Waals surface area contributed by atoms with Gasteiger partial charge in [0.2, 0.25) is 0 Å². The number of nitrogens with one attached hydrogen (secondary N) is 1. The number of hydrogen-bond donors (Lipinski definition) is 1. The molecule has 0 aromatic heterocycles. The summed E-state index contributed by atoms with van der Waals surface area (Å²) >= 11 is 6.70. The Kier molecular flexibility index (Phi) is 5.79. The molecule has 0 amide bonds. The van der Waals surface area contributed by atoms with E-state index in [0.29, 0.717) is 12.0 Å². The molecule has 2 rings (SSSR count). The Morgan fingerprint density at radius 2 is 1.81 bits per heavy atom. The van der Waals surface area contributed by atoms with E-state index in [1.807, 2.05) is 31.3 Å². The van der Waals surface area contributed by atoms with Crippen LogP contribution < -0.4 is 10.1 Å². The molecule has 0 radical (unpaired) electrons. The van der Waals surface area contributed by atoms with Crippen molar-refractivity contribution in [2.24, 2.45) is 0 Å². The normalized spacial score (nSPS) is 12.2. The largest absolute Gasteiger partial charge is 0.496 e. The molecule has 0 heterocycles. The fourth-order valence-electron chi connectivity index (χ4n) is 2.25. The van der Waals surface area contributed by atoms with Crippen LogP contribution in [0, 0.1) is 5.82 Å². The van der Waals surface area contributed by atoms with E-state index in [0.717, 1.165) is 20.3 Å². The number of benzene rings is 2. The Bertz CT molecular complexity index is 634. The molecule has 0 saturated carbocycles. The van der Waals surface area contributed by atoms with Crippen LogP contribution in [0.15, 0.2) is 45.3 Å². The van der Waals surface area contributed by atoms with E-state index in [1.165, 1.54) is 6.07 Å². The van der Waals surface area contributed by atoms with Crippen molar-refractivity contribution in [2.45, 2.75) is 12.5 Å². The number of hydrogen-bond acceptors (Lipinski definition) is 2. The molecule has 112 valence electrons. The summed E-state index contributed by atoms with van der Waals surface area (Å²) in [6.45, 7) is 0. The fraction of sp³-hybridized carbons (Fsp3) is 0.250. The summed E-state index contributed by atoms with van der Waals surface area (Å²) in [5.41, 5.74) is 1.67. The zero-order chi connectivity index (χ0) is 15.4. The van der Waals surface area contributed by atoms with Crippen molar-refractivity contribution < 1.29 is 9.13 Å². The van der Waals surface area contributed by atoms with E-state index in [9.17, 15) is 4.39 Å². The van der Waals surface area contributed by atoms with Crippen LogP contribution in [0.2, 0.25) is 0 Å². The van der Waals surface area contributed by atoms with Crippen LogP contribution in [0.25, 0.3) is 0 Å². The highest BCUT2D eigenvalue weighted by Crippen LogP contribution is 2.31. The first-order chi connectivity index (χ1) is 10.0. The van der Waals surface area contributed by atoms with Crippen LogP contribution in [0.4, 0.5) is 4.39 Å². The van der Waals surface area contributed by atoms with Crippen molar-refractivity contribution in [2.75, 3.05) is 14.2 Å². The maximum Gasteiger partial charge on any atom is 0.127 e. The van der Waals surface area contributed by atoms with E-state index in [4.69, 9.17) is 4.74 Å². The molecule has 0 saturated heterocycles. The molecule has 0 fully saturated rings. The highest BCUT2D eigenvalue weighted by Gasteiger charge is 2.17. The van der Waals surface area contributed by atoms with E-state index in [-0.39, 0.29) is 11.9 Å². The summed E-state index contributed by atoms with van der Waals surface area (Å²) in [5.74, 6) is 0.571. The molecule has 2 nitrogen and oxygen atoms in total. The maximum atomic E-state index is 14.0. The van der Waals surface area contributed by atoms with Crippen LogP contribution in [0.5, 0.6) is 5.75 Å². The zero-order valence-electron chi connectivity index (χ0n) is 11.8. The molecule has 2 aromatic carbocycles. The van der Waals surface area contributed by atoms with Crippen LogP contribution in [0.3, 0.4) is 0 Å². The Labute approximate surface area is 141 Å². The van der Waals surface area contributed by atoms with E-state index in [2.05, 4.69) is 37.2 Å². The topological polar surface area (TPSA) is 21.3 Å². The van der Waals surface area contributed by atoms with Gasteiger partial charge in [0, 0.05) is 20.6 Å². The summed E-state index contributed by atoms with van der Waals surface area (Å²) in [6, 6.07) is 11.0. The van der Waals surface area contributed by atoms with Gasteiger partial charge in [-0.25, -0.2) is 4.39 Å². The Balaban J connectivity index is 2.32. The first-order valence-electron chi connectivity index (χ1n) is 6.49. The third-order valence-electron chi connectivity index (χ3n) is 3.36. The lowest BCUT2D eigenvalue weighted by atomic mass is 9.98. The number of methoxy groups -OCH3 is 1. The average Bonchev–Trinajstić information content (AvgIpc) is 2.47. The van der Waals surface area contributed by atoms with Gasteiger partial charge in [0.05, 0.1) is 7.11 Å². The Hall–Kier alpha value is -0.910. The first-order valence-corrected chi connectivity index (χ1v) is 8.08. The first kappa shape index (κ1) is 16.5. The number of ether oxygens (including phenoxy) is 1. The summed E-state index contributed by atoms with van der Waals surface area (Å²) in [4.78, 5) is 0. The minimum absolute atomic E-state index is 0.0243. The molecule has 2 aromatic rings. The average molecular weight is 417 g/mol. The third kappa shape index (κ3) is 4.05. The summed E-state index contributed by atoms with van der Waals surface area (Å²) < 4.78 is 21.1. The second-order valence-electron chi connectivity index (χ2n) is 4.67. The van der Waals surface area contributed by atoms with Gasteiger partial charge in [-0.2, -0.15) is 0 Å². The molecule has 0 aliphatic carbocycles. The zero-order valence-corrected chi connectivity index (χ0v) is 15.0. The molecule has 1 N–H and O–H groups in total. The highest BCUT2D eigenvalue weighted by atomic mass is 79.9.